The van der Waals surface area contributed by atoms with E-state index in [1.165, 1.54) is 0 Å². The summed E-state index contributed by atoms with van der Waals surface area (Å²) in [5.74, 6) is 0.833. The first-order chi connectivity index (χ1) is 12.3. The van der Waals surface area contributed by atoms with E-state index in [9.17, 15) is 0 Å². The summed E-state index contributed by atoms with van der Waals surface area (Å²) in [5, 5.41) is 12.3. The van der Waals surface area contributed by atoms with Crippen LogP contribution in [0.4, 0.5) is 0 Å². The van der Waals surface area contributed by atoms with Crippen LogP contribution in [0, 0.1) is 0 Å². The molecule has 3 rings (SSSR count). The summed E-state index contributed by atoms with van der Waals surface area (Å²) >= 11 is 1.56. The van der Waals surface area contributed by atoms with Crippen LogP contribution in [0.25, 0.3) is 10.2 Å². The van der Waals surface area contributed by atoms with Gasteiger partial charge in [0.05, 0.1) is 23.4 Å². The summed E-state index contributed by atoms with van der Waals surface area (Å²) in [5.41, 5.74) is 7.14. The summed E-state index contributed by atoms with van der Waals surface area (Å²) in [6.45, 7) is 1.22. The zero-order valence-corrected chi connectivity index (χ0v) is 14.4. The van der Waals surface area contributed by atoms with Crippen LogP contribution >= 0.6 is 11.3 Å². The van der Waals surface area contributed by atoms with Gasteiger partial charge >= 0.3 is 0 Å². The first-order valence-electron chi connectivity index (χ1n) is 7.95. The molecule has 3 N–H and O–H groups in total. The third-order valence-electron chi connectivity index (χ3n) is 3.57. The first-order valence-corrected chi connectivity index (χ1v) is 8.77. The molecule has 0 bridgehead atoms. The van der Waals surface area contributed by atoms with Crippen molar-refractivity contribution in [1.82, 2.24) is 4.98 Å². The van der Waals surface area contributed by atoms with Gasteiger partial charge in [0.15, 0.2) is 5.84 Å². The largest absolute Gasteiger partial charge is 0.494 e. The monoisotopic (exact) mass is 357 g/mol. The number of nitrogens with zero attached hydrogens (tertiary/aromatic N) is 2. The van der Waals surface area contributed by atoms with E-state index in [-0.39, 0.29) is 5.84 Å². The number of nitrogens with two attached hydrogens (primary N) is 1. The second kappa shape index (κ2) is 8.34. The minimum Gasteiger partial charge on any atom is -0.494 e. The zero-order chi connectivity index (χ0) is 17.5. The number of hydrogen-bond acceptors (Lipinski definition) is 6. The molecule has 7 heteroatoms. The highest BCUT2D eigenvalue weighted by Crippen LogP contribution is 2.27. The normalized spacial score (nSPS) is 11.6. The van der Waals surface area contributed by atoms with Gasteiger partial charge in [0.2, 0.25) is 0 Å². The summed E-state index contributed by atoms with van der Waals surface area (Å²) < 4.78 is 12.5. The second-order valence-corrected chi connectivity index (χ2v) is 6.35. The number of hydrogen-bond donors (Lipinski definition) is 2. The molecule has 2 aromatic carbocycles. The minimum atomic E-state index is 0.0820. The van der Waals surface area contributed by atoms with Gasteiger partial charge in [-0.15, -0.1) is 0 Å². The highest BCUT2D eigenvalue weighted by molar-refractivity contribution is 7.20. The number of aromatic nitrogens is 1. The lowest BCUT2D eigenvalue weighted by atomic mass is 10.2. The van der Waals surface area contributed by atoms with Crippen molar-refractivity contribution in [2.24, 2.45) is 10.9 Å². The van der Waals surface area contributed by atoms with Crippen LogP contribution in [0.5, 0.6) is 10.9 Å². The fourth-order valence-corrected chi connectivity index (χ4v) is 3.09. The molecule has 1 heterocycles. The molecule has 0 amide bonds. The molecule has 0 aliphatic carbocycles. The summed E-state index contributed by atoms with van der Waals surface area (Å²) in [7, 11) is 0. The molecule has 25 heavy (non-hydrogen) atoms. The molecular weight excluding hydrogens is 338 g/mol. The van der Waals surface area contributed by atoms with Crippen molar-refractivity contribution in [2.75, 3.05) is 13.2 Å². The minimum absolute atomic E-state index is 0.0820. The molecule has 0 spiro atoms. The predicted molar refractivity (Wildman–Crippen MR) is 98.8 cm³/mol. The van der Waals surface area contributed by atoms with Gasteiger partial charge in [-0.3, -0.25) is 0 Å². The van der Waals surface area contributed by atoms with E-state index >= 15 is 0 Å². The molecule has 3 aromatic rings. The van der Waals surface area contributed by atoms with E-state index < -0.39 is 0 Å². The van der Waals surface area contributed by atoms with E-state index in [0.29, 0.717) is 24.0 Å². The Morgan fingerprint density at radius 1 is 1.04 bits per heavy atom. The van der Waals surface area contributed by atoms with E-state index in [4.69, 9.17) is 20.4 Å². The maximum atomic E-state index is 8.62. The van der Waals surface area contributed by atoms with Gasteiger partial charge in [0.1, 0.15) is 5.75 Å². The first kappa shape index (κ1) is 17.0. The topological polar surface area (TPSA) is 90.0 Å². The number of oxime groups is 1. The van der Waals surface area contributed by atoms with Crippen molar-refractivity contribution in [3.8, 4) is 10.9 Å². The number of thiazole rings is 1. The van der Waals surface area contributed by atoms with E-state index in [0.717, 1.165) is 28.8 Å². The quantitative estimate of drug-likeness (QED) is 0.211. The Morgan fingerprint density at radius 3 is 2.48 bits per heavy atom. The van der Waals surface area contributed by atoms with Crippen LogP contribution in [0.3, 0.4) is 0 Å². The molecule has 0 radical (unpaired) electrons. The van der Waals surface area contributed by atoms with Gasteiger partial charge in [-0.2, -0.15) is 0 Å². The Labute approximate surface area is 149 Å². The average molecular weight is 357 g/mol. The number of amidine groups is 1. The van der Waals surface area contributed by atoms with Gasteiger partial charge in [0, 0.05) is 5.56 Å². The van der Waals surface area contributed by atoms with Crippen molar-refractivity contribution >= 4 is 27.4 Å². The zero-order valence-electron chi connectivity index (χ0n) is 13.6. The fraction of sp³-hybridized carbons (Fsp3) is 0.222. The molecule has 0 aliphatic heterocycles. The Bertz CT molecular complexity index is 813. The van der Waals surface area contributed by atoms with Gasteiger partial charge in [-0.25, -0.2) is 4.98 Å². The number of ether oxygens (including phenoxy) is 2. The van der Waals surface area contributed by atoms with Crippen LogP contribution in [-0.4, -0.2) is 29.2 Å². The smallest absolute Gasteiger partial charge is 0.274 e. The lowest BCUT2D eigenvalue weighted by molar-refractivity contribution is 0.266. The van der Waals surface area contributed by atoms with Crippen molar-refractivity contribution in [1.29, 1.82) is 0 Å². The van der Waals surface area contributed by atoms with Gasteiger partial charge in [0.25, 0.3) is 5.19 Å². The fourth-order valence-electron chi connectivity index (χ4n) is 2.25. The summed E-state index contributed by atoms with van der Waals surface area (Å²) in [4.78, 5) is 4.43. The Morgan fingerprint density at radius 2 is 1.76 bits per heavy atom. The number of rotatable bonds is 8. The third kappa shape index (κ3) is 4.60. The number of fused-ring (bicyclic) bond motifs is 1. The van der Waals surface area contributed by atoms with Crippen LogP contribution in [0.15, 0.2) is 53.7 Å². The molecule has 0 saturated heterocycles. The number of benzene rings is 2. The van der Waals surface area contributed by atoms with E-state index in [1.54, 1.807) is 35.6 Å². The molecule has 0 unspecified atom stereocenters. The maximum absolute atomic E-state index is 8.62. The molecular formula is C18H19N3O3S. The van der Waals surface area contributed by atoms with Crippen LogP contribution in [0.1, 0.15) is 18.4 Å². The predicted octanol–water partition coefficient (Wildman–Crippen LogP) is 3.63. The second-order valence-electron chi connectivity index (χ2n) is 5.36. The molecule has 6 nitrogen and oxygen atoms in total. The molecule has 130 valence electrons. The lowest BCUT2D eigenvalue weighted by Crippen LogP contribution is -2.12. The highest BCUT2D eigenvalue weighted by Gasteiger charge is 2.04. The summed E-state index contributed by atoms with van der Waals surface area (Å²) in [6.07, 6.45) is 1.77. The summed E-state index contributed by atoms with van der Waals surface area (Å²) in [6, 6.07) is 15.1. The molecule has 1 aromatic heterocycles. The number of para-hydroxylation sites is 1. The van der Waals surface area contributed by atoms with Crippen molar-refractivity contribution in [3.05, 3.63) is 54.1 Å². The molecule has 0 atom stereocenters. The van der Waals surface area contributed by atoms with Gasteiger partial charge in [-0.1, -0.05) is 28.6 Å². The Kier molecular flexibility index (Phi) is 5.69. The SMILES string of the molecule is N/C(=N\O)c1ccc(OCCCCOc2nc3ccccc3s2)cc1. The van der Waals surface area contributed by atoms with Crippen LogP contribution in [0.2, 0.25) is 0 Å². The van der Waals surface area contributed by atoms with Gasteiger partial charge < -0.3 is 20.4 Å². The van der Waals surface area contributed by atoms with Crippen molar-refractivity contribution in [3.63, 3.8) is 0 Å². The van der Waals surface area contributed by atoms with Crippen molar-refractivity contribution < 1.29 is 14.7 Å². The molecule has 0 aliphatic rings. The standard InChI is InChI=1S/C18H19N3O3S/c19-17(21-22)13-7-9-14(10-8-13)23-11-3-4-12-24-18-20-15-5-1-2-6-16(15)25-18/h1-2,5-10,22H,3-4,11-12H2,(H2,19,21). The molecule has 0 saturated carbocycles. The van der Waals surface area contributed by atoms with E-state index in [2.05, 4.69) is 10.1 Å². The maximum Gasteiger partial charge on any atom is 0.274 e. The van der Waals surface area contributed by atoms with Gasteiger partial charge in [-0.05, 0) is 49.2 Å². The highest BCUT2D eigenvalue weighted by atomic mass is 32.1. The lowest BCUT2D eigenvalue weighted by Gasteiger charge is -2.07. The third-order valence-corrected chi connectivity index (χ3v) is 4.51. The Hall–Kier alpha value is -2.80. The Balaban J connectivity index is 1.36. The number of unbranched alkanes of at least 4 members (excludes halogenated alkanes) is 1. The average Bonchev–Trinajstić information content (AvgIpc) is 3.07. The van der Waals surface area contributed by atoms with Crippen LogP contribution in [-0.2, 0) is 0 Å². The van der Waals surface area contributed by atoms with Crippen molar-refractivity contribution in [2.45, 2.75) is 12.8 Å². The van der Waals surface area contributed by atoms with E-state index in [1.807, 2.05) is 24.3 Å². The molecule has 0 fully saturated rings. The van der Waals surface area contributed by atoms with Crippen LogP contribution < -0.4 is 15.2 Å².